The lowest BCUT2D eigenvalue weighted by atomic mass is 10.2. The Labute approximate surface area is 155 Å². The highest BCUT2D eigenvalue weighted by Gasteiger charge is 2.26. The van der Waals surface area contributed by atoms with Crippen molar-refractivity contribution in [3.05, 3.63) is 0 Å². The highest BCUT2D eigenvalue weighted by atomic mass is 16.4. The van der Waals surface area contributed by atoms with E-state index in [0.717, 1.165) is 0 Å². The van der Waals surface area contributed by atoms with E-state index in [0.29, 0.717) is 32.2 Å². The molecule has 3 atom stereocenters. The molecule has 0 aromatic rings. The molecule has 0 aromatic heterocycles. The highest BCUT2D eigenvalue weighted by Crippen LogP contribution is 2.05. The van der Waals surface area contributed by atoms with E-state index in [2.05, 4.69) is 10.3 Å². The van der Waals surface area contributed by atoms with Crippen molar-refractivity contribution in [2.24, 2.45) is 27.9 Å². The van der Waals surface area contributed by atoms with E-state index in [4.69, 9.17) is 38.3 Å². The number of hydrogen-bond acceptors (Lipinski definition) is 7. The van der Waals surface area contributed by atoms with E-state index < -0.39 is 36.0 Å². The average Bonchev–Trinajstić information content (AvgIpc) is 2.99. The summed E-state index contributed by atoms with van der Waals surface area (Å²) >= 11 is 0. The van der Waals surface area contributed by atoms with Gasteiger partial charge in [0.25, 0.3) is 0 Å². The van der Waals surface area contributed by atoms with Crippen LogP contribution in [0.25, 0.3) is 0 Å². The highest BCUT2D eigenvalue weighted by molar-refractivity contribution is 5.87. The van der Waals surface area contributed by atoms with Crippen LogP contribution in [0, 0.1) is 0 Å². The van der Waals surface area contributed by atoms with Crippen LogP contribution in [0.5, 0.6) is 0 Å². The van der Waals surface area contributed by atoms with Crippen LogP contribution in [0.3, 0.4) is 0 Å². The van der Waals surface area contributed by atoms with Crippen LogP contribution < -0.4 is 28.3 Å². The third-order valence-corrected chi connectivity index (χ3v) is 2.97. The maximum absolute atomic E-state index is 10.4. The second-order valence-corrected chi connectivity index (χ2v) is 5.52. The molecule has 12 N–H and O–H groups in total. The van der Waals surface area contributed by atoms with Crippen molar-refractivity contribution in [2.45, 2.75) is 50.7 Å². The van der Waals surface area contributed by atoms with Gasteiger partial charge in [-0.15, -0.1) is 0 Å². The van der Waals surface area contributed by atoms with Gasteiger partial charge in [-0.05, 0) is 26.2 Å². The molecule has 13 nitrogen and oxygen atoms in total. The minimum atomic E-state index is -1.00. The molecule has 13 heteroatoms. The second kappa shape index (κ2) is 14.3. The molecule has 1 aliphatic heterocycles. The van der Waals surface area contributed by atoms with Crippen molar-refractivity contribution in [1.82, 2.24) is 5.32 Å². The van der Waals surface area contributed by atoms with E-state index >= 15 is 0 Å². The van der Waals surface area contributed by atoms with Crippen molar-refractivity contribution in [3.8, 4) is 0 Å². The molecule has 1 rings (SSSR count). The normalized spacial score (nSPS) is 17.0. The van der Waals surface area contributed by atoms with Crippen LogP contribution in [-0.2, 0) is 19.2 Å². The van der Waals surface area contributed by atoms with E-state index in [9.17, 15) is 19.2 Å². The van der Waals surface area contributed by atoms with Gasteiger partial charge >= 0.3 is 17.9 Å². The van der Waals surface area contributed by atoms with Crippen molar-refractivity contribution < 1.29 is 34.5 Å². The van der Waals surface area contributed by atoms with Gasteiger partial charge < -0.3 is 43.6 Å². The maximum atomic E-state index is 10.4. The number of amides is 1. The zero-order valence-corrected chi connectivity index (χ0v) is 15.0. The topological polar surface area (TPSA) is 257 Å². The zero-order chi connectivity index (χ0) is 21.6. The van der Waals surface area contributed by atoms with Gasteiger partial charge in [0.15, 0.2) is 5.96 Å². The summed E-state index contributed by atoms with van der Waals surface area (Å²) in [4.78, 5) is 44.0. The largest absolute Gasteiger partial charge is 0.480 e. The molecule has 1 amide bonds. The van der Waals surface area contributed by atoms with Crippen molar-refractivity contribution in [1.29, 1.82) is 0 Å². The molecule has 27 heavy (non-hydrogen) atoms. The number of nitrogens with one attached hydrogen (secondary N) is 1. The Morgan fingerprint density at radius 1 is 1.19 bits per heavy atom. The number of aliphatic imine (C=N–C) groups is 1. The van der Waals surface area contributed by atoms with Crippen molar-refractivity contribution in [3.63, 3.8) is 0 Å². The van der Waals surface area contributed by atoms with Crippen LogP contribution in [-0.4, -0.2) is 69.8 Å². The quantitative estimate of drug-likeness (QED) is 0.125. The van der Waals surface area contributed by atoms with Crippen LogP contribution in [0.15, 0.2) is 4.99 Å². The summed E-state index contributed by atoms with van der Waals surface area (Å²) in [6, 6.07) is -2.19. The van der Waals surface area contributed by atoms with Gasteiger partial charge in [-0.2, -0.15) is 0 Å². The first kappa shape index (κ1) is 26.3. The fourth-order valence-corrected chi connectivity index (χ4v) is 1.44. The maximum Gasteiger partial charge on any atom is 0.326 e. The van der Waals surface area contributed by atoms with Gasteiger partial charge in [0, 0.05) is 13.0 Å². The third-order valence-electron chi connectivity index (χ3n) is 2.97. The second-order valence-electron chi connectivity index (χ2n) is 5.52. The summed E-state index contributed by atoms with van der Waals surface area (Å²) in [6.07, 6.45) is 1.72. The summed E-state index contributed by atoms with van der Waals surface area (Å²) in [6.45, 7) is 1.84. The molecule has 156 valence electrons. The Morgan fingerprint density at radius 3 is 1.96 bits per heavy atom. The average molecular weight is 392 g/mol. The van der Waals surface area contributed by atoms with E-state index in [1.165, 1.54) is 6.92 Å². The number of carbonyl (C=O) groups excluding carboxylic acids is 1. The van der Waals surface area contributed by atoms with E-state index in [-0.39, 0.29) is 11.9 Å². The Hall–Kier alpha value is -2.93. The molecule has 0 aromatic carbocycles. The number of carboxylic acids is 3. The molecule has 1 heterocycles. The van der Waals surface area contributed by atoms with Crippen LogP contribution in [0.1, 0.15) is 32.6 Å². The molecule has 0 bridgehead atoms. The number of aliphatic carboxylic acids is 3. The van der Waals surface area contributed by atoms with Crippen LogP contribution in [0.2, 0.25) is 0 Å². The Kier molecular flexibility index (Phi) is 13.9. The number of nitrogens with zero attached hydrogens (tertiary/aromatic N) is 1. The van der Waals surface area contributed by atoms with Crippen LogP contribution in [0.4, 0.5) is 0 Å². The molecule has 0 aliphatic carbocycles. The first-order valence-electron chi connectivity index (χ1n) is 7.92. The lowest BCUT2D eigenvalue weighted by Gasteiger charge is -2.03. The monoisotopic (exact) mass is 392 g/mol. The fraction of sp³-hybridized carbons (Fsp3) is 0.643. The first-order valence-corrected chi connectivity index (χ1v) is 7.92. The number of hydrogen-bond donors (Lipinski definition) is 8. The molecule has 0 spiro atoms. The SMILES string of the molecule is C[C@H](N)C(=O)O.NC(N)=NCCC[C@H](N)C(=O)O.O=C1CC[C@@H](C(=O)O)N1. The Bertz CT molecular complexity index is 534. The number of carbonyl (C=O) groups is 4. The lowest BCUT2D eigenvalue weighted by Crippen LogP contribution is -2.32. The van der Waals surface area contributed by atoms with E-state index in [1.807, 2.05) is 0 Å². The van der Waals surface area contributed by atoms with Crippen molar-refractivity contribution >= 4 is 29.8 Å². The number of nitrogens with two attached hydrogens (primary N) is 4. The molecule has 1 saturated heterocycles. The predicted molar refractivity (Wildman–Crippen MR) is 95.6 cm³/mol. The molecule has 1 aliphatic rings. The molecular formula is C14H28N6O7. The fourth-order valence-electron chi connectivity index (χ4n) is 1.44. The Morgan fingerprint density at radius 2 is 1.70 bits per heavy atom. The number of carboxylic acid groups (broad SMARTS) is 3. The third kappa shape index (κ3) is 16.3. The molecule has 0 saturated carbocycles. The summed E-state index contributed by atoms with van der Waals surface area (Å²) in [7, 11) is 0. The van der Waals surface area contributed by atoms with Gasteiger partial charge in [0.1, 0.15) is 18.1 Å². The molecule has 0 radical (unpaired) electrons. The number of rotatable bonds is 7. The van der Waals surface area contributed by atoms with Gasteiger partial charge in [0.2, 0.25) is 5.91 Å². The lowest BCUT2D eigenvalue weighted by molar-refractivity contribution is -0.140. The van der Waals surface area contributed by atoms with Gasteiger partial charge in [-0.1, -0.05) is 0 Å². The smallest absolute Gasteiger partial charge is 0.326 e. The van der Waals surface area contributed by atoms with Gasteiger partial charge in [-0.3, -0.25) is 19.4 Å². The van der Waals surface area contributed by atoms with E-state index in [1.54, 1.807) is 0 Å². The summed E-state index contributed by atoms with van der Waals surface area (Å²) in [5.74, 6) is -3.06. The standard InChI is InChI=1S/C6H14N4O2.C5H7NO3.C3H7NO2/c7-4(5(11)12)2-1-3-10-6(8)9;7-4-2-1-3(6-4)5(8)9;1-2(4)3(5)6/h4H,1-3,7H2,(H,11,12)(H4,8,9,10);3H,1-2H2,(H,6,7)(H,8,9);2H,4H2,1H3,(H,5,6)/t4-;3-;2-/m000/s1. The summed E-state index contributed by atoms with van der Waals surface area (Å²) in [5, 5.41) is 26.9. The summed E-state index contributed by atoms with van der Waals surface area (Å²) < 4.78 is 0. The minimum absolute atomic E-state index is 0.0129. The summed E-state index contributed by atoms with van der Waals surface area (Å²) in [5.41, 5.74) is 20.2. The molecule has 0 unspecified atom stereocenters. The minimum Gasteiger partial charge on any atom is -0.480 e. The van der Waals surface area contributed by atoms with Crippen LogP contribution >= 0.6 is 0 Å². The first-order chi connectivity index (χ1) is 12.4. The van der Waals surface area contributed by atoms with Crippen molar-refractivity contribution in [2.75, 3.05) is 6.54 Å². The zero-order valence-electron chi connectivity index (χ0n) is 15.0. The van der Waals surface area contributed by atoms with Gasteiger partial charge in [0.05, 0.1) is 0 Å². The number of guanidine groups is 1. The molecule has 1 fully saturated rings. The Balaban J connectivity index is 0. The predicted octanol–water partition coefficient (Wildman–Crippen LogP) is -2.78. The molecular weight excluding hydrogens is 364 g/mol. The van der Waals surface area contributed by atoms with Gasteiger partial charge in [-0.25, -0.2) is 4.79 Å².